The number of aromatic nitrogens is 3. The van der Waals surface area contributed by atoms with Crippen LogP contribution in [0.5, 0.6) is 11.5 Å². The zero-order valence-electron chi connectivity index (χ0n) is 17.4. The summed E-state index contributed by atoms with van der Waals surface area (Å²) in [6.07, 6.45) is 1.65. The molecule has 0 saturated carbocycles. The van der Waals surface area contributed by atoms with Crippen molar-refractivity contribution in [3.05, 3.63) is 82.7 Å². The van der Waals surface area contributed by atoms with Crippen molar-refractivity contribution in [3.63, 3.8) is 0 Å². The van der Waals surface area contributed by atoms with E-state index in [9.17, 15) is 10.1 Å². The minimum absolute atomic E-state index is 0.274. The summed E-state index contributed by atoms with van der Waals surface area (Å²) in [5.74, 6) is 1.81. The summed E-state index contributed by atoms with van der Waals surface area (Å²) in [5.41, 5.74) is 1.65. The van der Waals surface area contributed by atoms with E-state index in [0.29, 0.717) is 35.7 Å². The van der Waals surface area contributed by atoms with Gasteiger partial charge >= 0.3 is 0 Å². The molecule has 2 aromatic carbocycles. The van der Waals surface area contributed by atoms with Gasteiger partial charge in [-0.1, -0.05) is 48.7 Å². The van der Waals surface area contributed by atoms with E-state index in [1.807, 2.05) is 54.8 Å². The van der Waals surface area contributed by atoms with Crippen LogP contribution >= 0.6 is 11.8 Å². The Morgan fingerprint density at radius 3 is 2.65 bits per heavy atom. The first-order valence-corrected chi connectivity index (χ1v) is 10.7. The number of hydrogen-bond donors (Lipinski definition) is 0. The maximum atomic E-state index is 11.4. The van der Waals surface area contributed by atoms with Gasteiger partial charge in [0.25, 0.3) is 0 Å². The molecule has 3 rings (SSSR count). The summed E-state index contributed by atoms with van der Waals surface area (Å²) in [6.45, 7) is 7.89. The van der Waals surface area contributed by atoms with Crippen LogP contribution in [0.2, 0.25) is 0 Å². The maximum Gasteiger partial charge on any atom is 0.220 e. The molecule has 31 heavy (non-hydrogen) atoms. The molecular weight excluding hydrogens is 416 g/mol. The van der Waals surface area contributed by atoms with E-state index in [4.69, 9.17) is 9.47 Å². The van der Waals surface area contributed by atoms with Crippen LogP contribution in [0.1, 0.15) is 23.6 Å². The molecule has 1 atom stereocenters. The Kier molecular flexibility index (Phi) is 7.66. The zero-order valence-corrected chi connectivity index (χ0v) is 18.2. The van der Waals surface area contributed by atoms with Crippen LogP contribution < -0.4 is 9.47 Å². The molecule has 0 amide bonds. The van der Waals surface area contributed by atoms with Crippen molar-refractivity contribution >= 4 is 11.8 Å². The minimum Gasteiger partial charge on any atom is -0.490 e. The summed E-state index contributed by atoms with van der Waals surface area (Å²) in [7, 11) is 0. The molecule has 0 radical (unpaired) electrons. The lowest BCUT2D eigenvalue weighted by molar-refractivity contribution is -0.479. The molecule has 8 nitrogen and oxygen atoms in total. The highest BCUT2D eigenvalue weighted by Crippen LogP contribution is 2.39. The fourth-order valence-electron chi connectivity index (χ4n) is 3.03. The number of hydrogen-bond acceptors (Lipinski definition) is 7. The molecule has 1 aromatic heterocycles. The van der Waals surface area contributed by atoms with Crippen molar-refractivity contribution in [2.24, 2.45) is 0 Å². The van der Waals surface area contributed by atoms with E-state index in [-0.39, 0.29) is 11.5 Å². The van der Waals surface area contributed by atoms with E-state index in [1.54, 1.807) is 18.2 Å². The monoisotopic (exact) mass is 440 g/mol. The summed E-state index contributed by atoms with van der Waals surface area (Å²) < 4.78 is 13.2. The van der Waals surface area contributed by atoms with Gasteiger partial charge in [-0.15, -0.1) is 10.2 Å². The molecule has 0 aliphatic carbocycles. The molecule has 0 aliphatic rings. The van der Waals surface area contributed by atoms with Gasteiger partial charge in [-0.05, 0) is 43.7 Å². The molecule has 9 heteroatoms. The van der Waals surface area contributed by atoms with E-state index < -0.39 is 5.25 Å². The van der Waals surface area contributed by atoms with Gasteiger partial charge in [-0.3, -0.25) is 14.7 Å². The van der Waals surface area contributed by atoms with Gasteiger partial charge in [0.1, 0.15) is 17.7 Å². The second kappa shape index (κ2) is 10.6. The predicted molar refractivity (Wildman–Crippen MR) is 120 cm³/mol. The second-order valence-electron chi connectivity index (χ2n) is 6.56. The number of benzene rings is 2. The predicted octanol–water partition coefficient (Wildman–Crippen LogP) is 4.65. The third-order valence-electron chi connectivity index (χ3n) is 4.37. The summed E-state index contributed by atoms with van der Waals surface area (Å²) in [4.78, 5) is 11.1. The Morgan fingerprint density at radius 1 is 1.19 bits per heavy atom. The Bertz CT molecular complexity index is 1040. The molecule has 0 unspecified atom stereocenters. The van der Waals surface area contributed by atoms with Crippen molar-refractivity contribution in [1.29, 1.82) is 0 Å². The number of rotatable bonds is 11. The van der Waals surface area contributed by atoms with Crippen molar-refractivity contribution < 1.29 is 14.4 Å². The number of nitro groups is 1. The highest BCUT2D eigenvalue weighted by atomic mass is 32.2. The maximum absolute atomic E-state index is 11.4. The van der Waals surface area contributed by atoms with Crippen molar-refractivity contribution in [2.45, 2.75) is 24.3 Å². The second-order valence-corrected chi connectivity index (χ2v) is 7.73. The smallest absolute Gasteiger partial charge is 0.220 e. The average Bonchev–Trinajstić information content (AvgIpc) is 3.12. The fourth-order valence-corrected chi connectivity index (χ4v) is 4.19. The molecule has 162 valence electrons. The van der Waals surface area contributed by atoms with Gasteiger partial charge in [0.05, 0.1) is 6.61 Å². The number of aryl methyl sites for hydroxylation is 1. The highest BCUT2D eigenvalue weighted by Gasteiger charge is 2.25. The number of nitrogens with zero attached hydrogens (tertiary/aromatic N) is 4. The molecule has 0 fully saturated rings. The van der Waals surface area contributed by atoms with E-state index in [2.05, 4.69) is 16.8 Å². The van der Waals surface area contributed by atoms with Crippen LogP contribution in [0.15, 0.2) is 66.3 Å². The van der Waals surface area contributed by atoms with Gasteiger partial charge in [-0.25, -0.2) is 0 Å². The van der Waals surface area contributed by atoms with Crippen LogP contribution in [-0.4, -0.2) is 39.4 Å². The van der Waals surface area contributed by atoms with Gasteiger partial charge in [0.2, 0.25) is 6.54 Å². The molecule has 1 heterocycles. The van der Waals surface area contributed by atoms with Gasteiger partial charge in [0, 0.05) is 10.6 Å². The Morgan fingerprint density at radius 2 is 1.97 bits per heavy atom. The first kappa shape index (κ1) is 22.4. The van der Waals surface area contributed by atoms with Gasteiger partial charge in [-0.2, -0.15) is 0 Å². The molecule has 0 bridgehead atoms. The van der Waals surface area contributed by atoms with Gasteiger partial charge in [0.15, 0.2) is 16.7 Å². The van der Waals surface area contributed by atoms with Crippen LogP contribution in [0.25, 0.3) is 5.69 Å². The minimum atomic E-state index is -0.492. The molecule has 0 N–H and O–H groups in total. The number of ether oxygens (including phenoxy) is 2. The lowest BCUT2D eigenvalue weighted by Crippen LogP contribution is -2.11. The van der Waals surface area contributed by atoms with Crippen LogP contribution in [0.3, 0.4) is 0 Å². The van der Waals surface area contributed by atoms with Crippen LogP contribution in [0, 0.1) is 17.0 Å². The SMILES string of the molecule is C=CCOc1ccc([C@H](C[N+](=O)[O-])Sc2nnc(C)n2-c2ccccc2)cc1OCC. The lowest BCUT2D eigenvalue weighted by Gasteiger charge is -2.17. The third kappa shape index (κ3) is 5.64. The fraction of sp³-hybridized carbons (Fsp3) is 0.273. The topological polar surface area (TPSA) is 92.3 Å². The van der Waals surface area contributed by atoms with Gasteiger partial charge < -0.3 is 9.47 Å². The standard InChI is InChI=1S/C22H24N4O4S/c1-4-13-30-19-12-11-17(14-20(19)29-5-2)21(15-25(27)28)31-22-24-23-16(3)26(22)18-9-7-6-8-10-18/h4,6-12,14,21H,1,5,13,15H2,2-3H3/t21-/m0/s1. The first-order valence-electron chi connectivity index (χ1n) is 9.79. The molecule has 0 saturated heterocycles. The summed E-state index contributed by atoms with van der Waals surface area (Å²) in [6, 6.07) is 15.0. The Labute approximate surface area is 185 Å². The quantitative estimate of drug-likeness (QED) is 0.185. The summed E-state index contributed by atoms with van der Waals surface area (Å²) in [5, 5.41) is 20.0. The van der Waals surface area contributed by atoms with Crippen molar-refractivity contribution in [1.82, 2.24) is 14.8 Å². The summed E-state index contributed by atoms with van der Waals surface area (Å²) >= 11 is 1.30. The Balaban J connectivity index is 1.96. The first-order chi connectivity index (χ1) is 15.0. The number of para-hydroxylation sites is 1. The molecular formula is C22H24N4O4S. The number of thioether (sulfide) groups is 1. The average molecular weight is 441 g/mol. The van der Waals surface area contributed by atoms with E-state index in [1.165, 1.54) is 11.8 Å². The van der Waals surface area contributed by atoms with Crippen molar-refractivity contribution in [3.8, 4) is 17.2 Å². The zero-order chi connectivity index (χ0) is 22.2. The Hall–Kier alpha value is -3.33. The van der Waals surface area contributed by atoms with Crippen LogP contribution in [0.4, 0.5) is 0 Å². The molecule has 0 spiro atoms. The van der Waals surface area contributed by atoms with Crippen LogP contribution in [-0.2, 0) is 0 Å². The molecule has 0 aliphatic heterocycles. The highest BCUT2D eigenvalue weighted by molar-refractivity contribution is 7.99. The normalized spacial score (nSPS) is 11.7. The van der Waals surface area contributed by atoms with Crippen molar-refractivity contribution in [2.75, 3.05) is 19.8 Å². The largest absolute Gasteiger partial charge is 0.490 e. The lowest BCUT2D eigenvalue weighted by atomic mass is 10.1. The van der Waals surface area contributed by atoms with E-state index in [0.717, 1.165) is 11.3 Å². The molecule has 3 aromatic rings. The van der Waals surface area contributed by atoms with E-state index >= 15 is 0 Å². The third-order valence-corrected chi connectivity index (χ3v) is 5.55.